The number of hydrogen-bond acceptors (Lipinski definition) is 2. The number of carbonyl (C=O) groups excluding carboxylic acids is 1. The molecule has 0 aromatic carbocycles. The Morgan fingerprint density at radius 3 is 2.67 bits per heavy atom. The molecule has 0 saturated heterocycles. The molecule has 0 aromatic rings. The van der Waals surface area contributed by atoms with Crippen LogP contribution in [0.4, 0.5) is 0 Å². The van der Waals surface area contributed by atoms with Gasteiger partial charge in [0.05, 0.1) is 5.75 Å². The van der Waals surface area contributed by atoms with E-state index in [2.05, 4.69) is 13.8 Å². The Labute approximate surface area is 79.3 Å². The summed E-state index contributed by atoms with van der Waals surface area (Å²) in [5, 5.41) is 0.647. The monoisotopic (exact) mass is 186 g/mol. The second-order valence-electron chi connectivity index (χ2n) is 3.62. The fourth-order valence-corrected chi connectivity index (χ4v) is 2.11. The van der Waals surface area contributed by atoms with Crippen molar-refractivity contribution in [2.75, 3.05) is 5.75 Å². The van der Waals surface area contributed by atoms with E-state index in [0.717, 1.165) is 18.6 Å². The van der Waals surface area contributed by atoms with Crippen molar-refractivity contribution in [3.05, 3.63) is 0 Å². The fraction of sp³-hybridized carbons (Fsp3) is 0.900. The van der Waals surface area contributed by atoms with E-state index in [9.17, 15) is 4.79 Å². The molecule has 0 aromatic heterocycles. The quantitative estimate of drug-likeness (QED) is 0.656. The molecule has 0 bridgehead atoms. The SMILES string of the molecule is CCC(C)SCC(=O)C1CCC1. The van der Waals surface area contributed by atoms with Crippen LogP contribution >= 0.6 is 11.8 Å². The average molecular weight is 186 g/mol. The van der Waals surface area contributed by atoms with Crippen LogP contribution in [0.1, 0.15) is 39.5 Å². The van der Waals surface area contributed by atoms with Crippen LogP contribution in [0.25, 0.3) is 0 Å². The van der Waals surface area contributed by atoms with Crippen LogP contribution in [0.3, 0.4) is 0 Å². The molecule has 0 aliphatic heterocycles. The van der Waals surface area contributed by atoms with Gasteiger partial charge in [-0.3, -0.25) is 4.79 Å². The molecule has 2 heteroatoms. The molecule has 1 nitrogen and oxygen atoms in total. The van der Waals surface area contributed by atoms with Gasteiger partial charge in [-0.15, -0.1) is 0 Å². The largest absolute Gasteiger partial charge is 0.298 e. The molecule has 0 radical (unpaired) electrons. The van der Waals surface area contributed by atoms with Crippen molar-refractivity contribution in [3.63, 3.8) is 0 Å². The maximum Gasteiger partial charge on any atom is 0.145 e. The third kappa shape index (κ3) is 2.81. The summed E-state index contributed by atoms with van der Waals surface area (Å²) in [6, 6.07) is 0. The van der Waals surface area contributed by atoms with Gasteiger partial charge in [0.2, 0.25) is 0 Å². The van der Waals surface area contributed by atoms with E-state index in [1.807, 2.05) is 11.8 Å². The van der Waals surface area contributed by atoms with Crippen LogP contribution in [0.2, 0.25) is 0 Å². The molecule has 12 heavy (non-hydrogen) atoms. The smallest absolute Gasteiger partial charge is 0.145 e. The van der Waals surface area contributed by atoms with Gasteiger partial charge in [0.1, 0.15) is 5.78 Å². The second kappa shape index (κ2) is 4.90. The Hall–Kier alpha value is 0.0200. The maximum absolute atomic E-state index is 11.4. The van der Waals surface area contributed by atoms with Gasteiger partial charge < -0.3 is 0 Å². The van der Waals surface area contributed by atoms with Crippen molar-refractivity contribution in [3.8, 4) is 0 Å². The molecule has 1 fully saturated rings. The van der Waals surface area contributed by atoms with Crippen LogP contribution in [-0.4, -0.2) is 16.8 Å². The highest BCUT2D eigenvalue weighted by molar-refractivity contribution is 8.00. The zero-order valence-corrected chi connectivity index (χ0v) is 8.82. The van der Waals surface area contributed by atoms with E-state index < -0.39 is 0 Å². The van der Waals surface area contributed by atoms with Crippen molar-refractivity contribution in [1.82, 2.24) is 0 Å². The average Bonchev–Trinajstić information content (AvgIpc) is 1.97. The van der Waals surface area contributed by atoms with Gasteiger partial charge in [-0.25, -0.2) is 0 Å². The first-order valence-corrected chi connectivity index (χ1v) is 5.93. The maximum atomic E-state index is 11.4. The first-order valence-electron chi connectivity index (χ1n) is 4.88. The fourth-order valence-electron chi connectivity index (χ4n) is 1.19. The number of thioether (sulfide) groups is 1. The molecular weight excluding hydrogens is 168 g/mol. The minimum atomic E-state index is 0.432. The second-order valence-corrected chi connectivity index (χ2v) is 5.05. The molecule has 0 amide bonds. The summed E-state index contributed by atoms with van der Waals surface area (Å²) in [6.45, 7) is 4.37. The van der Waals surface area contributed by atoms with Crippen LogP contribution in [0.15, 0.2) is 0 Å². The van der Waals surface area contributed by atoms with Gasteiger partial charge in [0, 0.05) is 11.2 Å². The third-order valence-corrected chi connectivity index (χ3v) is 4.00. The number of ketones is 1. The zero-order chi connectivity index (χ0) is 8.97. The van der Waals surface area contributed by atoms with Crippen LogP contribution in [0.5, 0.6) is 0 Å². The molecule has 1 unspecified atom stereocenters. The van der Waals surface area contributed by atoms with Crippen molar-refractivity contribution in [1.29, 1.82) is 0 Å². The Balaban J connectivity index is 2.09. The van der Waals surface area contributed by atoms with Gasteiger partial charge in [0.25, 0.3) is 0 Å². The highest BCUT2D eigenvalue weighted by Crippen LogP contribution is 2.28. The predicted molar refractivity (Wildman–Crippen MR) is 54.6 cm³/mol. The van der Waals surface area contributed by atoms with Crippen LogP contribution < -0.4 is 0 Å². The highest BCUT2D eigenvalue weighted by Gasteiger charge is 2.24. The standard InChI is InChI=1S/C10H18OS/c1-3-8(2)12-7-10(11)9-5-4-6-9/h8-9H,3-7H2,1-2H3. The lowest BCUT2D eigenvalue weighted by Crippen LogP contribution is -2.24. The molecule has 1 atom stereocenters. The number of Topliss-reactive ketones (excluding diaryl/α,β-unsaturated/α-hetero) is 1. The van der Waals surface area contributed by atoms with Crippen molar-refractivity contribution >= 4 is 17.5 Å². The Morgan fingerprint density at radius 1 is 1.58 bits per heavy atom. The lowest BCUT2D eigenvalue weighted by atomic mass is 9.83. The first-order chi connectivity index (χ1) is 5.74. The van der Waals surface area contributed by atoms with E-state index in [1.165, 1.54) is 12.8 Å². The van der Waals surface area contributed by atoms with E-state index in [1.54, 1.807) is 0 Å². The van der Waals surface area contributed by atoms with Crippen molar-refractivity contribution in [2.24, 2.45) is 5.92 Å². The summed E-state index contributed by atoms with van der Waals surface area (Å²) in [4.78, 5) is 11.4. The molecule has 1 rings (SSSR count). The molecule has 1 aliphatic carbocycles. The summed E-state index contributed by atoms with van der Waals surface area (Å²) >= 11 is 1.81. The molecule has 1 saturated carbocycles. The number of hydrogen-bond donors (Lipinski definition) is 0. The molecule has 1 aliphatic rings. The molecule has 70 valence electrons. The summed E-state index contributed by atoms with van der Waals surface area (Å²) in [5.41, 5.74) is 0. The lowest BCUT2D eigenvalue weighted by molar-refractivity contribution is -0.122. The normalized spacial score (nSPS) is 20.2. The van der Waals surface area contributed by atoms with Gasteiger partial charge in [-0.2, -0.15) is 11.8 Å². The third-order valence-electron chi connectivity index (χ3n) is 2.65. The van der Waals surface area contributed by atoms with Gasteiger partial charge >= 0.3 is 0 Å². The Morgan fingerprint density at radius 2 is 2.25 bits per heavy atom. The molecular formula is C10H18OS. The van der Waals surface area contributed by atoms with Gasteiger partial charge in [-0.05, 0) is 19.3 Å². The number of rotatable bonds is 5. The van der Waals surface area contributed by atoms with E-state index >= 15 is 0 Å². The van der Waals surface area contributed by atoms with E-state index in [4.69, 9.17) is 0 Å². The summed E-state index contributed by atoms with van der Waals surface area (Å²) in [7, 11) is 0. The topological polar surface area (TPSA) is 17.1 Å². The van der Waals surface area contributed by atoms with Gasteiger partial charge in [-0.1, -0.05) is 20.3 Å². The van der Waals surface area contributed by atoms with Crippen molar-refractivity contribution in [2.45, 2.75) is 44.8 Å². The number of carbonyl (C=O) groups is 1. The Bertz CT molecular complexity index is 152. The van der Waals surface area contributed by atoms with Crippen LogP contribution in [-0.2, 0) is 4.79 Å². The molecule has 0 N–H and O–H groups in total. The minimum absolute atomic E-state index is 0.432. The Kier molecular flexibility index (Phi) is 4.13. The van der Waals surface area contributed by atoms with E-state index in [-0.39, 0.29) is 0 Å². The summed E-state index contributed by atoms with van der Waals surface area (Å²) in [6.07, 6.45) is 4.74. The molecule has 0 spiro atoms. The zero-order valence-electron chi connectivity index (χ0n) is 8.01. The van der Waals surface area contributed by atoms with Crippen molar-refractivity contribution < 1.29 is 4.79 Å². The summed E-state index contributed by atoms with van der Waals surface area (Å²) in [5.74, 6) is 1.67. The predicted octanol–water partition coefficient (Wildman–Crippen LogP) is 2.89. The minimum Gasteiger partial charge on any atom is -0.298 e. The first kappa shape index (κ1) is 10.1. The lowest BCUT2D eigenvalue weighted by Gasteiger charge is -2.23. The summed E-state index contributed by atoms with van der Waals surface area (Å²) < 4.78 is 0. The van der Waals surface area contributed by atoms with Crippen LogP contribution in [0, 0.1) is 5.92 Å². The highest BCUT2D eigenvalue weighted by atomic mass is 32.2. The van der Waals surface area contributed by atoms with E-state index in [0.29, 0.717) is 17.0 Å². The molecule has 0 heterocycles. The van der Waals surface area contributed by atoms with Gasteiger partial charge in [0.15, 0.2) is 0 Å².